The number of halogens is 1. The van der Waals surface area contributed by atoms with Gasteiger partial charge in [-0.2, -0.15) is 0 Å². The first-order valence-corrected chi connectivity index (χ1v) is 14.2. The Morgan fingerprint density at radius 3 is 2.09 bits per heavy atom. The van der Waals surface area contributed by atoms with Gasteiger partial charge >= 0.3 is 0 Å². The van der Waals surface area contributed by atoms with Gasteiger partial charge in [0.05, 0.1) is 22.5 Å². The first-order valence-electron chi connectivity index (χ1n) is 10.5. The second-order valence-electron chi connectivity index (χ2n) is 8.15. The van der Waals surface area contributed by atoms with E-state index in [2.05, 4.69) is 10.0 Å². The minimum atomic E-state index is -3.85. The van der Waals surface area contributed by atoms with E-state index in [9.17, 15) is 21.6 Å². The van der Waals surface area contributed by atoms with E-state index in [1.807, 2.05) is 19.1 Å². The van der Waals surface area contributed by atoms with Gasteiger partial charge in [-0.25, -0.2) is 16.8 Å². The number of nitrogens with zero attached hydrogens (tertiary/aromatic N) is 1. The summed E-state index contributed by atoms with van der Waals surface area (Å²) in [6.45, 7) is 5.13. The highest BCUT2D eigenvalue weighted by Gasteiger charge is 2.29. The summed E-state index contributed by atoms with van der Waals surface area (Å²) in [4.78, 5) is 12.9. The molecular formula is C24H26ClN3O5S2. The number of rotatable bonds is 8. The van der Waals surface area contributed by atoms with E-state index in [1.165, 1.54) is 55.5 Å². The Labute approximate surface area is 211 Å². The van der Waals surface area contributed by atoms with Gasteiger partial charge in [0.1, 0.15) is 6.04 Å². The maximum atomic E-state index is 12.9. The molecule has 0 saturated heterocycles. The summed E-state index contributed by atoms with van der Waals surface area (Å²) in [5, 5.41) is 3.07. The second-order valence-corrected chi connectivity index (χ2v) is 12.1. The summed E-state index contributed by atoms with van der Waals surface area (Å²) >= 11 is 5.89. The average Bonchev–Trinajstić information content (AvgIpc) is 2.77. The fourth-order valence-corrected chi connectivity index (χ4v) is 5.83. The molecule has 0 radical (unpaired) electrons. The van der Waals surface area contributed by atoms with Crippen LogP contribution in [0.4, 0.5) is 17.1 Å². The van der Waals surface area contributed by atoms with E-state index in [1.54, 1.807) is 13.0 Å². The predicted molar refractivity (Wildman–Crippen MR) is 140 cm³/mol. The number of nitrogens with one attached hydrogen (secondary N) is 2. The van der Waals surface area contributed by atoms with Crippen LogP contribution < -0.4 is 14.3 Å². The standard InChI is InChI=1S/C24H26ClN3O5S2/c1-16-5-6-17(2)23(15-16)27-35(32,33)22-13-9-20(10-14-22)26-24(29)18(3)28(34(4,30)31)21-11-7-19(25)8-12-21/h5-15,18,27H,1-4H3,(H,26,29). The lowest BCUT2D eigenvalue weighted by molar-refractivity contribution is -0.116. The molecule has 186 valence electrons. The molecule has 35 heavy (non-hydrogen) atoms. The molecule has 1 atom stereocenters. The van der Waals surface area contributed by atoms with Gasteiger partial charge in [-0.1, -0.05) is 23.7 Å². The third-order valence-electron chi connectivity index (χ3n) is 5.24. The Balaban J connectivity index is 1.77. The Kier molecular flexibility index (Phi) is 7.78. The Morgan fingerprint density at radius 1 is 0.914 bits per heavy atom. The molecular weight excluding hydrogens is 510 g/mol. The maximum absolute atomic E-state index is 12.9. The Hall–Kier alpha value is -3.08. The molecule has 3 rings (SSSR count). The molecule has 11 heteroatoms. The first kappa shape index (κ1) is 26.5. The molecule has 0 bridgehead atoms. The van der Waals surface area contributed by atoms with Crippen molar-refractivity contribution >= 4 is 54.6 Å². The molecule has 0 aliphatic carbocycles. The number of carbonyl (C=O) groups excluding carboxylic acids is 1. The number of sulfonamides is 2. The number of aryl methyl sites for hydroxylation is 2. The highest BCUT2D eigenvalue weighted by atomic mass is 35.5. The van der Waals surface area contributed by atoms with Crippen LogP contribution >= 0.6 is 11.6 Å². The van der Waals surface area contributed by atoms with Crippen LogP contribution in [0.3, 0.4) is 0 Å². The van der Waals surface area contributed by atoms with E-state index >= 15 is 0 Å². The van der Waals surface area contributed by atoms with Crippen molar-refractivity contribution in [2.45, 2.75) is 31.7 Å². The third kappa shape index (κ3) is 6.53. The lowest BCUT2D eigenvalue weighted by Gasteiger charge is -2.28. The van der Waals surface area contributed by atoms with Gasteiger partial charge in [0.2, 0.25) is 15.9 Å². The molecule has 1 amide bonds. The largest absolute Gasteiger partial charge is 0.324 e. The van der Waals surface area contributed by atoms with Crippen LogP contribution in [0.5, 0.6) is 0 Å². The minimum Gasteiger partial charge on any atom is -0.324 e. The molecule has 8 nitrogen and oxygen atoms in total. The van der Waals surface area contributed by atoms with Crippen LogP contribution in [-0.4, -0.2) is 35.0 Å². The van der Waals surface area contributed by atoms with Crippen molar-refractivity contribution in [2.24, 2.45) is 0 Å². The van der Waals surface area contributed by atoms with Crippen LogP contribution in [0.25, 0.3) is 0 Å². The number of amides is 1. The van der Waals surface area contributed by atoms with Crippen molar-refractivity contribution in [1.29, 1.82) is 0 Å². The van der Waals surface area contributed by atoms with Gasteiger partial charge in [0.15, 0.2) is 0 Å². The highest BCUT2D eigenvalue weighted by molar-refractivity contribution is 7.92. The molecule has 0 aromatic heterocycles. The zero-order valence-corrected chi connectivity index (χ0v) is 22.0. The summed E-state index contributed by atoms with van der Waals surface area (Å²) in [5.41, 5.74) is 2.80. The zero-order chi connectivity index (χ0) is 26.0. The quantitative estimate of drug-likeness (QED) is 0.439. The highest BCUT2D eigenvalue weighted by Crippen LogP contribution is 2.25. The Bertz CT molecular complexity index is 1440. The number of carbonyl (C=O) groups is 1. The molecule has 3 aromatic carbocycles. The topological polar surface area (TPSA) is 113 Å². The van der Waals surface area contributed by atoms with E-state index < -0.39 is 32.0 Å². The molecule has 1 unspecified atom stereocenters. The molecule has 0 heterocycles. The predicted octanol–water partition coefficient (Wildman–Crippen LogP) is 4.55. The van der Waals surface area contributed by atoms with Gasteiger partial charge in [0.25, 0.3) is 10.0 Å². The minimum absolute atomic E-state index is 0.0170. The van der Waals surface area contributed by atoms with Crippen LogP contribution in [0.2, 0.25) is 5.02 Å². The fourth-order valence-electron chi connectivity index (χ4n) is 3.41. The molecule has 0 aliphatic heterocycles. The van der Waals surface area contributed by atoms with Gasteiger partial charge in [-0.3, -0.25) is 13.8 Å². The second kappa shape index (κ2) is 10.3. The molecule has 0 aliphatic rings. The lowest BCUT2D eigenvalue weighted by atomic mass is 10.1. The Morgan fingerprint density at radius 2 is 1.51 bits per heavy atom. The number of benzene rings is 3. The summed E-state index contributed by atoms with van der Waals surface area (Å²) in [7, 11) is -7.64. The normalized spacial score (nSPS) is 12.6. The molecule has 3 aromatic rings. The van der Waals surface area contributed by atoms with Crippen LogP contribution in [0, 0.1) is 13.8 Å². The van der Waals surface area contributed by atoms with Crippen molar-refractivity contribution in [2.75, 3.05) is 20.6 Å². The van der Waals surface area contributed by atoms with E-state index in [0.717, 1.165) is 21.7 Å². The molecule has 0 fully saturated rings. The van der Waals surface area contributed by atoms with Crippen molar-refractivity contribution in [3.05, 3.63) is 82.9 Å². The number of hydrogen-bond donors (Lipinski definition) is 2. The van der Waals surface area contributed by atoms with Crippen molar-refractivity contribution in [1.82, 2.24) is 0 Å². The molecule has 0 saturated carbocycles. The fraction of sp³-hybridized carbons (Fsp3) is 0.208. The van der Waals surface area contributed by atoms with Gasteiger partial charge < -0.3 is 5.32 Å². The third-order valence-corrected chi connectivity index (χ3v) is 8.11. The van der Waals surface area contributed by atoms with Gasteiger partial charge in [-0.05, 0) is 86.5 Å². The maximum Gasteiger partial charge on any atom is 0.261 e. The van der Waals surface area contributed by atoms with Crippen LogP contribution in [0.15, 0.2) is 71.6 Å². The SMILES string of the molecule is Cc1ccc(C)c(NS(=O)(=O)c2ccc(NC(=O)C(C)N(c3ccc(Cl)cc3)S(C)(=O)=O)cc2)c1. The summed E-state index contributed by atoms with van der Waals surface area (Å²) in [5.74, 6) is -0.588. The molecule has 0 spiro atoms. The summed E-state index contributed by atoms with van der Waals surface area (Å²) in [6.07, 6.45) is 1.01. The van der Waals surface area contributed by atoms with E-state index in [-0.39, 0.29) is 4.90 Å². The van der Waals surface area contributed by atoms with Crippen molar-refractivity contribution in [3.8, 4) is 0 Å². The molecule has 2 N–H and O–H groups in total. The first-order chi connectivity index (χ1) is 16.3. The smallest absolute Gasteiger partial charge is 0.261 e. The average molecular weight is 536 g/mol. The zero-order valence-electron chi connectivity index (χ0n) is 19.6. The summed E-state index contributed by atoms with van der Waals surface area (Å²) in [6, 6.07) is 16.1. The monoisotopic (exact) mass is 535 g/mol. The lowest BCUT2D eigenvalue weighted by Crippen LogP contribution is -2.45. The number of hydrogen-bond acceptors (Lipinski definition) is 5. The van der Waals surface area contributed by atoms with Gasteiger partial charge in [-0.15, -0.1) is 0 Å². The summed E-state index contributed by atoms with van der Waals surface area (Å²) < 4.78 is 54.0. The van der Waals surface area contributed by atoms with Crippen molar-refractivity contribution in [3.63, 3.8) is 0 Å². The van der Waals surface area contributed by atoms with Crippen molar-refractivity contribution < 1.29 is 21.6 Å². The number of anilines is 3. The van der Waals surface area contributed by atoms with E-state index in [0.29, 0.717) is 22.1 Å². The van der Waals surface area contributed by atoms with E-state index in [4.69, 9.17) is 11.6 Å². The van der Waals surface area contributed by atoms with Gasteiger partial charge in [0, 0.05) is 10.7 Å². The van der Waals surface area contributed by atoms with Crippen LogP contribution in [-0.2, 0) is 24.8 Å². The van der Waals surface area contributed by atoms with Crippen LogP contribution in [0.1, 0.15) is 18.1 Å².